The smallest absolute Gasteiger partial charge is 0.164 e. The van der Waals surface area contributed by atoms with Crippen LogP contribution in [0.4, 0.5) is 10.1 Å². The van der Waals surface area contributed by atoms with Gasteiger partial charge in [-0.15, -0.1) is 10.2 Å². The Morgan fingerprint density at radius 3 is 2.82 bits per heavy atom. The minimum Gasteiger partial charge on any atom is -0.375 e. The molecule has 90 valence electrons. The minimum absolute atomic E-state index is 0.101. The van der Waals surface area contributed by atoms with E-state index in [1.165, 1.54) is 6.07 Å². The molecule has 4 nitrogen and oxygen atoms in total. The third-order valence-corrected chi connectivity index (χ3v) is 2.86. The molecule has 0 aliphatic heterocycles. The van der Waals surface area contributed by atoms with Crippen molar-refractivity contribution in [2.24, 2.45) is 7.05 Å². The monoisotopic (exact) mass is 254 g/mol. The molecule has 0 spiro atoms. The molecule has 0 bridgehead atoms. The van der Waals surface area contributed by atoms with Gasteiger partial charge in [-0.05, 0) is 19.1 Å². The first kappa shape index (κ1) is 11.9. The molecule has 1 N–H and O–H groups in total. The zero-order valence-electron chi connectivity index (χ0n) is 9.54. The van der Waals surface area contributed by atoms with Gasteiger partial charge in [0.2, 0.25) is 0 Å². The Morgan fingerprint density at radius 1 is 1.41 bits per heavy atom. The van der Waals surface area contributed by atoms with Crippen molar-refractivity contribution in [1.82, 2.24) is 14.8 Å². The third-order valence-electron chi connectivity index (χ3n) is 2.57. The molecule has 0 amide bonds. The second-order valence-corrected chi connectivity index (χ2v) is 4.08. The topological polar surface area (TPSA) is 42.7 Å². The molecule has 17 heavy (non-hydrogen) atoms. The summed E-state index contributed by atoms with van der Waals surface area (Å²) in [5.41, 5.74) is 0.359. The Balaban J connectivity index is 2.13. The molecule has 0 saturated heterocycles. The largest absolute Gasteiger partial charge is 0.375 e. The fourth-order valence-corrected chi connectivity index (χ4v) is 1.59. The van der Waals surface area contributed by atoms with Gasteiger partial charge in [-0.1, -0.05) is 17.7 Å². The van der Waals surface area contributed by atoms with E-state index in [2.05, 4.69) is 15.5 Å². The van der Waals surface area contributed by atoms with Crippen LogP contribution < -0.4 is 5.32 Å². The highest BCUT2D eigenvalue weighted by Gasteiger charge is 2.08. The average molecular weight is 255 g/mol. The molecule has 0 atom stereocenters. The summed E-state index contributed by atoms with van der Waals surface area (Å²) in [5, 5.41) is 10.9. The van der Waals surface area contributed by atoms with Crippen LogP contribution in [0.1, 0.15) is 11.6 Å². The summed E-state index contributed by atoms with van der Waals surface area (Å²) >= 11 is 5.68. The number of aryl methyl sites for hydroxylation is 1. The summed E-state index contributed by atoms with van der Waals surface area (Å²) in [4.78, 5) is 0. The van der Waals surface area contributed by atoms with Gasteiger partial charge in [-0.2, -0.15) is 0 Å². The number of halogens is 2. The lowest BCUT2D eigenvalue weighted by Gasteiger charge is -2.07. The maximum atomic E-state index is 13.6. The molecule has 0 fully saturated rings. The van der Waals surface area contributed by atoms with Gasteiger partial charge in [0.05, 0.1) is 17.3 Å². The number of nitrogens with one attached hydrogen (secondary N) is 1. The summed E-state index contributed by atoms with van der Waals surface area (Å²) in [6.07, 6.45) is 0. The molecular formula is C11H12ClFN4. The normalized spacial score (nSPS) is 10.6. The van der Waals surface area contributed by atoms with E-state index in [4.69, 9.17) is 11.6 Å². The summed E-state index contributed by atoms with van der Waals surface area (Å²) in [5.74, 6) is 1.10. The molecule has 1 heterocycles. The Labute approximate surface area is 103 Å². The highest BCUT2D eigenvalue weighted by atomic mass is 35.5. The summed E-state index contributed by atoms with van der Waals surface area (Å²) in [7, 11) is 1.86. The molecular weight excluding hydrogens is 243 g/mol. The maximum absolute atomic E-state index is 13.6. The molecule has 6 heteroatoms. The molecule has 1 aromatic carbocycles. The van der Waals surface area contributed by atoms with Crippen LogP contribution in [0.25, 0.3) is 0 Å². The van der Waals surface area contributed by atoms with E-state index < -0.39 is 5.82 Å². The molecule has 0 unspecified atom stereocenters. The van der Waals surface area contributed by atoms with Gasteiger partial charge in [0.15, 0.2) is 11.6 Å². The van der Waals surface area contributed by atoms with Crippen LogP contribution >= 0.6 is 11.6 Å². The predicted octanol–water partition coefficient (Wildman–Crippen LogP) is 2.53. The highest BCUT2D eigenvalue weighted by Crippen LogP contribution is 2.22. The molecule has 0 radical (unpaired) electrons. The van der Waals surface area contributed by atoms with Crippen molar-refractivity contribution in [3.63, 3.8) is 0 Å². The van der Waals surface area contributed by atoms with Gasteiger partial charge in [-0.3, -0.25) is 0 Å². The number of hydrogen-bond acceptors (Lipinski definition) is 3. The lowest BCUT2D eigenvalue weighted by Crippen LogP contribution is -2.07. The van der Waals surface area contributed by atoms with Gasteiger partial charge in [0.1, 0.15) is 5.82 Å². The lowest BCUT2D eigenvalue weighted by atomic mass is 10.3. The fourth-order valence-electron chi connectivity index (χ4n) is 1.42. The molecule has 2 aromatic rings. The Kier molecular flexibility index (Phi) is 3.28. The van der Waals surface area contributed by atoms with Crippen LogP contribution in [0.2, 0.25) is 5.02 Å². The quantitative estimate of drug-likeness (QED) is 0.915. The van der Waals surface area contributed by atoms with Crippen molar-refractivity contribution in [3.05, 3.63) is 40.7 Å². The van der Waals surface area contributed by atoms with E-state index in [1.807, 2.05) is 18.5 Å². The van der Waals surface area contributed by atoms with Gasteiger partial charge in [0, 0.05) is 7.05 Å². The molecule has 1 aromatic heterocycles. The first-order valence-electron chi connectivity index (χ1n) is 5.12. The van der Waals surface area contributed by atoms with Crippen molar-refractivity contribution in [3.8, 4) is 0 Å². The predicted molar refractivity (Wildman–Crippen MR) is 64.5 cm³/mol. The standard InChI is InChI=1S/C11H12ClFN4/c1-7-15-16-10(17(7)2)6-14-9-5-3-4-8(12)11(9)13/h3-5,14H,6H2,1-2H3. The summed E-state index contributed by atoms with van der Waals surface area (Å²) < 4.78 is 15.4. The van der Waals surface area contributed by atoms with Gasteiger partial charge in [0.25, 0.3) is 0 Å². The zero-order valence-corrected chi connectivity index (χ0v) is 10.3. The van der Waals surface area contributed by atoms with Crippen LogP contribution in [0.3, 0.4) is 0 Å². The van der Waals surface area contributed by atoms with Crippen molar-refractivity contribution in [2.45, 2.75) is 13.5 Å². The molecule has 0 aliphatic rings. The van der Waals surface area contributed by atoms with Crippen LogP contribution in [-0.2, 0) is 13.6 Å². The van der Waals surface area contributed by atoms with Crippen molar-refractivity contribution in [2.75, 3.05) is 5.32 Å². The zero-order chi connectivity index (χ0) is 12.4. The van der Waals surface area contributed by atoms with Crippen LogP contribution in [0.15, 0.2) is 18.2 Å². The van der Waals surface area contributed by atoms with E-state index in [0.29, 0.717) is 12.2 Å². The first-order valence-corrected chi connectivity index (χ1v) is 5.50. The number of aromatic nitrogens is 3. The number of rotatable bonds is 3. The van der Waals surface area contributed by atoms with Gasteiger partial charge < -0.3 is 9.88 Å². The van der Waals surface area contributed by atoms with Crippen LogP contribution in [0.5, 0.6) is 0 Å². The van der Waals surface area contributed by atoms with Crippen LogP contribution in [-0.4, -0.2) is 14.8 Å². The lowest BCUT2D eigenvalue weighted by molar-refractivity contribution is 0.629. The maximum Gasteiger partial charge on any atom is 0.164 e. The summed E-state index contributed by atoms with van der Waals surface area (Å²) in [6.45, 7) is 2.26. The average Bonchev–Trinajstić information content (AvgIpc) is 2.62. The van der Waals surface area contributed by atoms with Gasteiger partial charge in [-0.25, -0.2) is 4.39 Å². The number of anilines is 1. The van der Waals surface area contributed by atoms with E-state index in [0.717, 1.165) is 11.6 Å². The van der Waals surface area contributed by atoms with Crippen molar-refractivity contribution < 1.29 is 4.39 Å². The van der Waals surface area contributed by atoms with Crippen LogP contribution in [0, 0.1) is 12.7 Å². The second-order valence-electron chi connectivity index (χ2n) is 3.68. The minimum atomic E-state index is -0.451. The Bertz CT molecular complexity index is 538. The fraction of sp³-hybridized carbons (Fsp3) is 0.273. The number of hydrogen-bond donors (Lipinski definition) is 1. The molecule has 0 aliphatic carbocycles. The van der Waals surface area contributed by atoms with E-state index in [1.54, 1.807) is 12.1 Å². The number of benzene rings is 1. The van der Waals surface area contributed by atoms with Crippen molar-refractivity contribution in [1.29, 1.82) is 0 Å². The molecule has 0 saturated carbocycles. The van der Waals surface area contributed by atoms with E-state index in [9.17, 15) is 4.39 Å². The Hall–Kier alpha value is -1.62. The number of nitrogens with zero attached hydrogens (tertiary/aromatic N) is 3. The van der Waals surface area contributed by atoms with E-state index >= 15 is 0 Å². The highest BCUT2D eigenvalue weighted by molar-refractivity contribution is 6.31. The third kappa shape index (κ3) is 2.39. The second kappa shape index (κ2) is 4.71. The Morgan fingerprint density at radius 2 is 2.18 bits per heavy atom. The SMILES string of the molecule is Cc1nnc(CNc2cccc(Cl)c2F)n1C. The van der Waals surface area contributed by atoms with E-state index in [-0.39, 0.29) is 5.02 Å². The summed E-state index contributed by atoms with van der Waals surface area (Å²) in [6, 6.07) is 4.83. The van der Waals surface area contributed by atoms with Crippen molar-refractivity contribution >= 4 is 17.3 Å². The van der Waals surface area contributed by atoms with Gasteiger partial charge >= 0.3 is 0 Å². The first-order chi connectivity index (χ1) is 8.09. The molecule has 2 rings (SSSR count).